The summed E-state index contributed by atoms with van der Waals surface area (Å²) in [6.07, 6.45) is 2.51. The molecule has 0 saturated carbocycles. The third-order valence-corrected chi connectivity index (χ3v) is 4.84. The van der Waals surface area contributed by atoms with E-state index < -0.39 is 4.92 Å². The van der Waals surface area contributed by atoms with Crippen molar-refractivity contribution in [2.75, 3.05) is 19.6 Å². The molecule has 1 aromatic rings. The molecule has 6 heteroatoms. The Hall–Kier alpha value is -1.66. The van der Waals surface area contributed by atoms with Gasteiger partial charge in [0, 0.05) is 37.8 Å². The number of hydrogen-bond donors (Lipinski definition) is 1. The Balaban J connectivity index is 1.74. The zero-order valence-electron chi connectivity index (χ0n) is 12.2. The molecular formula is C15H21N3O3. The zero-order chi connectivity index (χ0) is 15.0. The SMILES string of the molecule is C[C@@H]1[C@@H]2CCCN2CCN1Cc1ccc(O)c([N+](=O)[O-])c1. The number of phenols is 1. The zero-order valence-corrected chi connectivity index (χ0v) is 12.2. The van der Waals surface area contributed by atoms with Gasteiger partial charge in [0.15, 0.2) is 5.75 Å². The lowest BCUT2D eigenvalue weighted by molar-refractivity contribution is -0.385. The Morgan fingerprint density at radius 3 is 2.95 bits per heavy atom. The lowest BCUT2D eigenvalue weighted by atomic mass is 10.0. The highest BCUT2D eigenvalue weighted by Crippen LogP contribution is 2.30. The summed E-state index contributed by atoms with van der Waals surface area (Å²) in [6.45, 7) is 6.22. The minimum absolute atomic E-state index is 0.209. The molecule has 2 aliphatic heterocycles. The summed E-state index contributed by atoms with van der Waals surface area (Å²) in [5.41, 5.74) is 0.678. The summed E-state index contributed by atoms with van der Waals surface area (Å²) in [7, 11) is 0. The predicted molar refractivity (Wildman–Crippen MR) is 79.2 cm³/mol. The van der Waals surface area contributed by atoms with E-state index in [4.69, 9.17) is 0 Å². The number of benzene rings is 1. The Morgan fingerprint density at radius 2 is 2.19 bits per heavy atom. The number of hydrogen-bond acceptors (Lipinski definition) is 5. The van der Waals surface area contributed by atoms with E-state index in [-0.39, 0.29) is 11.4 Å². The van der Waals surface area contributed by atoms with E-state index in [1.807, 2.05) is 0 Å². The maximum atomic E-state index is 10.9. The summed E-state index contributed by atoms with van der Waals surface area (Å²) in [6, 6.07) is 5.77. The first-order valence-corrected chi connectivity index (χ1v) is 7.50. The van der Waals surface area contributed by atoms with E-state index >= 15 is 0 Å². The fourth-order valence-corrected chi connectivity index (χ4v) is 3.65. The van der Waals surface area contributed by atoms with Crippen LogP contribution in [0.5, 0.6) is 5.75 Å². The molecule has 0 unspecified atom stereocenters. The minimum atomic E-state index is -0.531. The average Bonchev–Trinajstić information content (AvgIpc) is 2.93. The quantitative estimate of drug-likeness (QED) is 0.681. The molecule has 6 nitrogen and oxygen atoms in total. The van der Waals surface area contributed by atoms with E-state index in [2.05, 4.69) is 16.7 Å². The van der Waals surface area contributed by atoms with E-state index in [0.717, 1.165) is 18.7 Å². The Labute approximate surface area is 124 Å². The maximum Gasteiger partial charge on any atom is 0.311 e. The number of aromatic hydroxyl groups is 1. The van der Waals surface area contributed by atoms with Crippen LogP contribution in [-0.4, -0.2) is 51.5 Å². The topological polar surface area (TPSA) is 69.8 Å². The number of rotatable bonds is 3. The molecule has 0 spiro atoms. The second-order valence-electron chi connectivity index (χ2n) is 6.04. The van der Waals surface area contributed by atoms with Gasteiger partial charge >= 0.3 is 5.69 Å². The molecule has 2 fully saturated rings. The van der Waals surface area contributed by atoms with E-state index in [0.29, 0.717) is 18.6 Å². The van der Waals surface area contributed by atoms with Crippen LogP contribution in [0.25, 0.3) is 0 Å². The van der Waals surface area contributed by atoms with Crippen molar-refractivity contribution in [1.29, 1.82) is 0 Å². The van der Waals surface area contributed by atoms with Gasteiger partial charge in [0.25, 0.3) is 0 Å². The van der Waals surface area contributed by atoms with Crippen molar-refractivity contribution in [1.82, 2.24) is 9.80 Å². The molecule has 2 atom stereocenters. The van der Waals surface area contributed by atoms with E-state index in [1.165, 1.54) is 31.5 Å². The van der Waals surface area contributed by atoms with Crippen LogP contribution in [-0.2, 0) is 6.54 Å². The van der Waals surface area contributed by atoms with Crippen LogP contribution in [0.1, 0.15) is 25.3 Å². The first kappa shape index (κ1) is 14.3. The normalized spacial score (nSPS) is 26.7. The van der Waals surface area contributed by atoms with Crippen LogP contribution >= 0.6 is 0 Å². The molecular weight excluding hydrogens is 270 g/mol. The van der Waals surface area contributed by atoms with Crippen LogP contribution in [0.2, 0.25) is 0 Å². The smallest absolute Gasteiger partial charge is 0.311 e. The molecule has 2 aliphatic rings. The first-order chi connectivity index (χ1) is 10.1. The highest BCUT2D eigenvalue weighted by Gasteiger charge is 2.36. The van der Waals surface area contributed by atoms with Crippen molar-refractivity contribution >= 4 is 5.69 Å². The van der Waals surface area contributed by atoms with Gasteiger partial charge in [-0.05, 0) is 37.9 Å². The fourth-order valence-electron chi connectivity index (χ4n) is 3.65. The van der Waals surface area contributed by atoms with Crippen LogP contribution in [0.3, 0.4) is 0 Å². The van der Waals surface area contributed by atoms with Gasteiger partial charge in [-0.1, -0.05) is 6.07 Å². The van der Waals surface area contributed by atoms with Gasteiger partial charge in [0.05, 0.1) is 4.92 Å². The van der Waals surface area contributed by atoms with Crippen LogP contribution in [0.4, 0.5) is 5.69 Å². The highest BCUT2D eigenvalue weighted by atomic mass is 16.6. The molecule has 2 saturated heterocycles. The molecule has 114 valence electrons. The lowest BCUT2D eigenvalue weighted by Crippen LogP contribution is -2.55. The van der Waals surface area contributed by atoms with Crippen molar-refractivity contribution in [2.24, 2.45) is 0 Å². The molecule has 0 aliphatic carbocycles. The number of nitro groups is 1. The monoisotopic (exact) mass is 291 g/mol. The molecule has 0 bridgehead atoms. The minimum Gasteiger partial charge on any atom is -0.502 e. The van der Waals surface area contributed by atoms with Crippen LogP contribution < -0.4 is 0 Å². The molecule has 0 aromatic heterocycles. The van der Waals surface area contributed by atoms with Gasteiger partial charge < -0.3 is 5.11 Å². The summed E-state index contributed by atoms with van der Waals surface area (Å²) < 4.78 is 0. The molecule has 3 rings (SSSR count). The Bertz CT molecular complexity index is 549. The number of nitrogens with zero attached hydrogens (tertiary/aromatic N) is 3. The van der Waals surface area contributed by atoms with Crippen molar-refractivity contribution in [3.05, 3.63) is 33.9 Å². The molecule has 1 aromatic carbocycles. The van der Waals surface area contributed by atoms with Crippen molar-refractivity contribution in [3.63, 3.8) is 0 Å². The molecule has 1 N–H and O–H groups in total. The number of phenolic OH excluding ortho intramolecular Hbond substituents is 1. The molecule has 21 heavy (non-hydrogen) atoms. The highest BCUT2D eigenvalue weighted by molar-refractivity contribution is 5.47. The van der Waals surface area contributed by atoms with Gasteiger partial charge in [-0.15, -0.1) is 0 Å². The average molecular weight is 291 g/mol. The van der Waals surface area contributed by atoms with Gasteiger partial charge in [0.2, 0.25) is 0 Å². The summed E-state index contributed by atoms with van der Waals surface area (Å²) in [5, 5.41) is 20.4. The summed E-state index contributed by atoms with van der Waals surface area (Å²) in [4.78, 5) is 15.3. The lowest BCUT2D eigenvalue weighted by Gasteiger charge is -2.43. The van der Waals surface area contributed by atoms with Crippen molar-refractivity contribution in [3.8, 4) is 5.75 Å². The fraction of sp³-hybridized carbons (Fsp3) is 0.600. The molecule has 0 radical (unpaired) electrons. The van der Waals surface area contributed by atoms with Crippen LogP contribution in [0.15, 0.2) is 18.2 Å². The molecule has 0 amide bonds. The van der Waals surface area contributed by atoms with Crippen molar-refractivity contribution < 1.29 is 10.0 Å². The predicted octanol–water partition coefficient (Wildman–Crippen LogP) is 1.97. The number of piperazine rings is 1. The number of fused-ring (bicyclic) bond motifs is 1. The van der Waals surface area contributed by atoms with Crippen LogP contribution in [0, 0.1) is 10.1 Å². The Morgan fingerprint density at radius 1 is 1.38 bits per heavy atom. The van der Waals surface area contributed by atoms with E-state index in [9.17, 15) is 15.2 Å². The van der Waals surface area contributed by atoms with E-state index in [1.54, 1.807) is 6.07 Å². The molecule has 2 heterocycles. The van der Waals surface area contributed by atoms with Crippen molar-refractivity contribution in [2.45, 2.75) is 38.4 Å². The third-order valence-electron chi connectivity index (χ3n) is 4.84. The standard InChI is InChI=1S/C15H21N3O3/c1-11-13-3-2-6-16(13)7-8-17(11)10-12-4-5-15(19)14(9-12)18(20)21/h4-5,9,11,13,19H,2-3,6-8,10H2,1H3/t11-,13+/m1/s1. The maximum absolute atomic E-state index is 10.9. The third kappa shape index (κ3) is 2.73. The van der Waals surface area contributed by atoms with Gasteiger partial charge in [0.1, 0.15) is 0 Å². The second kappa shape index (κ2) is 5.61. The first-order valence-electron chi connectivity index (χ1n) is 7.50. The summed E-state index contributed by atoms with van der Waals surface area (Å²) >= 11 is 0. The Kier molecular flexibility index (Phi) is 3.82. The number of nitro benzene ring substituents is 1. The second-order valence-corrected chi connectivity index (χ2v) is 6.04. The largest absolute Gasteiger partial charge is 0.502 e. The summed E-state index contributed by atoms with van der Waals surface area (Å²) in [5.74, 6) is -0.266. The van der Waals surface area contributed by atoms with Gasteiger partial charge in [-0.3, -0.25) is 19.9 Å². The van der Waals surface area contributed by atoms with Gasteiger partial charge in [-0.25, -0.2) is 0 Å². The van der Waals surface area contributed by atoms with Gasteiger partial charge in [-0.2, -0.15) is 0 Å².